The number of aromatic hydroxyl groups is 1. The summed E-state index contributed by atoms with van der Waals surface area (Å²) in [6.45, 7) is 10.4. The van der Waals surface area contributed by atoms with Gasteiger partial charge in [0, 0.05) is 11.1 Å². The largest absolute Gasteiger partial charge is 0.307 e. The minimum absolute atomic E-state index is 0.246. The normalized spacial score (nSPS) is 20.3. The number of carbonyl (C=O) groups excluding carboxylic acids is 1. The molecule has 0 aliphatic carbocycles. The molecule has 0 saturated carbocycles. The standard InChI is InChI=1S/C9H19N.C8H9AsNO6/c1-8(2)6-5-7-9(3,4)10-8;1-5(11)10-6-2-3-7(8(12)4-6)9(13,14)16-15/h10H,5-7H2,1-4H3;2-4,12H,1H3,(H,10,11)(H,13,14). The zero-order chi connectivity index (χ0) is 20.2. The summed E-state index contributed by atoms with van der Waals surface area (Å²) < 4.78 is 23.0. The molecule has 1 atom stereocenters. The first-order valence-electron chi connectivity index (χ1n) is 8.33. The second kappa shape index (κ2) is 8.58. The van der Waals surface area contributed by atoms with Gasteiger partial charge in [-0.05, 0) is 47.0 Å². The fourth-order valence-electron chi connectivity index (χ4n) is 3.10. The summed E-state index contributed by atoms with van der Waals surface area (Å²) >= 11 is -5.18. The Balaban J connectivity index is 0.000000289. The second-order valence-corrected chi connectivity index (χ2v) is 11.2. The van der Waals surface area contributed by atoms with Gasteiger partial charge in [-0.1, -0.05) is 0 Å². The molecule has 26 heavy (non-hydrogen) atoms. The van der Waals surface area contributed by atoms with Crippen LogP contribution in [0.3, 0.4) is 0 Å². The minimum atomic E-state index is -5.18. The maximum Gasteiger partial charge on any atom is 0.0130 e. The van der Waals surface area contributed by atoms with E-state index in [9.17, 15) is 18.9 Å². The molecular formula is C17H28AsN2O6. The first kappa shape index (κ1) is 22.7. The molecule has 9 heteroatoms. The molecule has 1 fully saturated rings. The van der Waals surface area contributed by atoms with Crippen LogP contribution in [0.15, 0.2) is 18.2 Å². The van der Waals surface area contributed by atoms with Gasteiger partial charge in [-0.2, -0.15) is 0 Å². The van der Waals surface area contributed by atoms with Crippen molar-refractivity contribution in [3.8, 4) is 5.75 Å². The Morgan fingerprint density at radius 2 is 1.77 bits per heavy atom. The second-order valence-electron chi connectivity index (χ2n) is 7.73. The van der Waals surface area contributed by atoms with E-state index in [0.29, 0.717) is 11.1 Å². The molecule has 1 aromatic carbocycles. The van der Waals surface area contributed by atoms with E-state index >= 15 is 0 Å². The molecule has 1 amide bonds. The number of benzene rings is 1. The van der Waals surface area contributed by atoms with E-state index in [1.165, 1.54) is 32.3 Å². The molecule has 147 valence electrons. The van der Waals surface area contributed by atoms with Crippen molar-refractivity contribution in [1.82, 2.24) is 5.32 Å². The number of amides is 1. The first-order valence-corrected chi connectivity index (χ1v) is 11.6. The Bertz CT molecular complexity index is 676. The van der Waals surface area contributed by atoms with Crippen LogP contribution in [0.25, 0.3) is 0 Å². The van der Waals surface area contributed by atoms with Crippen molar-refractivity contribution in [2.45, 2.75) is 65.0 Å². The zero-order valence-corrected chi connectivity index (χ0v) is 17.7. The van der Waals surface area contributed by atoms with Crippen LogP contribution in [-0.4, -0.2) is 40.4 Å². The molecule has 2 rings (SSSR count). The third-order valence-electron chi connectivity index (χ3n) is 3.98. The van der Waals surface area contributed by atoms with Gasteiger partial charge in [-0.15, -0.1) is 0 Å². The summed E-state index contributed by atoms with van der Waals surface area (Å²) in [4.78, 5) is 10.7. The number of nitrogens with one attached hydrogen (secondary N) is 2. The summed E-state index contributed by atoms with van der Waals surface area (Å²) in [7, 11) is 0. The Labute approximate surface area is 156 Å². The van der Waals surface area contributed by atoms with Crippen molar-refractivity contribution in [3.05, 3.63) is 18.2 Å². The van der Waals surface area contributed by atoms with E-state index in [1.807, 2.05) is 0 Å². The van der Waals surface area contributed by atoms with Gasteiger partial charge in [0.2, 0.25) is 0 Å². The van der Waals surface area contributed by atoms with Gasteiger partial charge in [0.05, 0.1) is 0 Å². The third kappa shape index (κ3) is 7.13. The Hall–Kier alpha value is -1.31. The molecule has 0 bridgehead atoms. The van der Waals surface area contributed by atoms with E-state index in [1.54, 1.807) is 0 Å². The maximum atomic E-state index is 11.2. The van der Waals surface area contributed by atoms with Gasteiger partial charge in [0.15, 0.2) is 0 Å². The summed E-state index contributed by atoms with van der Waals surface area (Å²) in [5.41, 5.74) is 0.971. The fourth-order valence-corrected chi connectivity index (χ4v) is 4.56. The molecule has 1 aliphatic rings. The van der Waals surface area contributed by atoms with Gasteiger partial charge in [0.25, 0.3) is 0 Å². The molecule has 1 saturated heterocycles. The van der Waals surface area contributed by atoms with Gasteiger partial charge in [-0.25, -0.2) is 0 Å². The number of anilines is 1. The number of phenols is 1. The van der Waals surface area contributed by atoms with Gasteiger partial charge < -0.3 is 5.32 Å². The van der Waals surface area contributed by atoms with E-state index in [2.05, 4.69) is 42.2 Å². The van der Waals surface area contributed by atoms with Crippen LogP contribution in [0.1, 0.15) is 53.9 Å². The van der Waals surface area contributed by atoms with Crippen LogP contribution in [0.4, 0.5) is 5.69 Å². The quantitative estimate of drug-likeness (QED) is 0.327. The Kier molecular flexibility index (Phi) is 7.50. The third-order valence-corrected chi connectivity index (χ3v) is 6.48. The Morgan fingerprint density at radius 3 is 2.12 bits per heavy atom. The van der Waals surface area contributed by atoms with Crippen molar-refractivity contribution in [2.24, 2.45) is 0 Å². The SMILES string of the molecule is CC(=O)Nc1ccc([As](=O)(O)O[O])c(O)c1.CC1(C)CCCC(C)(C)N1. The predicted octanol–water partition coefficient (Wildman–Crippen LogP) is 1.60. The van der Waals surface area contributed by atoms with Gasteiger partial charge in [0.1, 0.15) is 0 Å². The number of piperidine rings is 1. The topological polar surface area (TPSA) is 128 Å². The molecule has 1 radical (unpaired) electrons. The van der Waals surface area contributed by atoms with Crippen LogP contribution >= 0.6 is 0 Å². The Morgan fingerprint density at radius 1 is 1.23 bits per heavy atom. The van der Waals surface area contributed by atoms with Crippen LogP contribution in [0, 0.1) is 0 Å². The summed E-state index contributed by atoms with van der Waals surface area (Å²) in [5.74, 6) is -0.933. The van der Waals surface area contributed by atoms with Crippen LogP contribution in [-0.2, 0) is 17.7 Å². The van der Waals surface area contributed by atoms with Crippen molar-refractivity contribution < 1.29 is 26.9 Å². The molecule has 1 aliphatic heterocycles. The molecule has 4 N–H and O–H groups in total. The number of hydrogen-bond acceptors (Lipinski definition) is 5. The average molecular weight is 431 g/mol. The average Bonchev–Trinajstić information content (AvgIpc) is 2.44. The summed E-state index contributed by atoms with van der Waals surface area (Å²) in [6.07, 6.45) is 4.00. The fraction of sp³-hybridized carbons (Fsp3) is 0.588. The van der Waals surface area contributed by atoms with E-state index in [-0.39, 0.29) is 11.6 Å². The monoisotopic (exact) mass is 431 g/mol. The number of carbonyl (C=O) groups is 1. The number of rotatable bonds is 3. The van der Waals surface area contributed by atoms with Gasteiger partial charge >= 0.3 is 93.2 Å². The molecule has 0 spiro atoms. The van der Waals surface area contributed by atoms with Crippen molar-refractivity contribution in [2.75, 3.05) is 5.32 Å². The van der Waals surface area contributed by atoms with Crippen LogP contribution in [0.5, 0.6) is 5.75 Å². The maximum absolute atomic E-state index is 11.2. The molecule has 1 unspecified atom stereocenters. The van der Waals surface area contributed by atoms with E-state index in [0.717, 1.165) is 12.1 Å². The molecule has 0 aromatic heterocycles. The van der Waals surface area contributed by atoms with Crippen molar-refractivity contribution in [1.29, 1.82) is 0 Å². The van der Waals surface area contributed by atoms with E-state index < -0.39 is 24.3 Å². The summed E-state index contributed by atoms with van der Waals surface area (Å²) in [6, 6.07) is 3.39. The van der Waals surface area contributed by atoms with Crippen molar-refractivity contribution >= 4 is 30.1 Å². The van der Waals surface area contributed by atoms with E-state index in [4.69, 9.17) is 4.10 Å². The smallest absolute Gasteiger partial charge is 0.0130 e. The molecular weight excluding hydrogens is 403 g/mol. The van der Waals surface area contributed by atoms with Crippen molar-refractivity contribution in [3.63, 3.8) is 0 Å². The van der Waals surface area contributed by atoms with Crippen LogP contribution in [0.2, 0.25) is 0 Å². The predicted molar refractivity (Wildman–Crippen MR) is 97.6 cm³/mol. The summed E-state index contributed by atoms with van der Waals surface area (Å²) in [5, 5.41) is 25.4. The number of hydrogen-bond donors (Lipinski definition) is 4. The minimum Gasteiger partial charge on any atom is -0.307 e. The molecule has 8 nitrogen and oxygen atoms in total. The number of phenolic OH excluding ortho intramolecular Hbond substituents is 1. The molecule has 1 heterocycles. The first-order chi connectivity index (χ1) is 11.8. The zero-order valence-electron chi connectivity index (χ0n) is 15.8. The van der Waals surface area contributed by atoms with Crippen LogP contribution < -0.4 is 15.0 Å². The van der Waals surface area contributed by atoms with Gasteiger partial charge in [-0.3, -0.25) is 0 Å². The molecule has 1 aromatic rings.